The molecule has 7 nitrogen and oxygen atoms in total. The highest BCUT2D eigenvalue weighted by atomic mass is 19.4. The summed E-state index contributed by atoms with van der Waals surface area (Å²) in [5, 5.41) is 11.1. The van der Waals surface area contributed by atoms with Gasteiger partial charge >= 0.3 is 18.0 Å². The van der Waals surface area contributed by atoms with E-state index in [0.717, 1.165) is 18.6 Å². The average molecular weight is 404 g/mol. The summed E-state index contributed by atoms with van der Waals surface area (Å²) >= 11 is 0. The first kappa shape index (κ1) is 21.8. The predicted octanol–water partition coefficient (Wildman–Crippen LogP) is 4.64. The van der Waals surface area contributed by atoms with E-state index in [1.807, 2.05) is 0 Å². The van der Waals surface area contributed by atoms with Crippen LogP contribution < -0.4 is 4.74 Å². The maximum absolute atomic E-state index is 12.8. The molecule has 10 heteroatoms. The zero-order valence-corrected chi connectivity index (χ0v) is 15.9. The normalized spacial score (nSPS) is 17.9. The maximum Gasteiger partial charge on any atom is 0.416 e. The highest BCUT2D eigenvalue weighted by Gasteiger charge is 2.34. The van der Waals surface area contributed by atoms with Crippen LogP contribution in [0.2, 0.25) is 0 Å². The van der Waals surface area contributed by atoms with E-state index < -0.39 is 34.0 Å². The van der Waals surface area contributed by atoms with Gasteiger partial charge in [0.1, 0.15) is 5.60 Å². The lowest BCUT2D eigenvalue weighted by Gasteiger charge is -2.34. The first-order chi connectivity index (χ1) is 12.9. The molecule has 1 saturated heterocycles. The van der Waals surface area contributed by atoms with Crippen molar-refractivity contribution in [3.63, 3.8) is 0 Å². The van der Waals surface area contributed by atoms with Crippen molar-refractivity contribution >= 4 is 11.8 Å². The number of amides is 1. The van der Waals surface area contributed by atoms with E-state index in [2.05, 4.69) is 0 Å². The van der Waals surface area contributed by atoms with Crippen LogP contribution in [0.4, 0.5) is 23.7 Å². The van der Waals surface area contributed by atoms with Crippen molar-refractivity contribution in [2.45, 2.75) is 45.4 Å². The fraction of sp³-hybridized carbons (Fsp3) is 0.611. The average Bonchev–Trinajstić information content (AvgIpc) is 2.57. The van der Waals surface area contributed by atoms with Crippen molar-refractivity contribution in [3.8, 4) is 5.75 Å². The van der Waals surface area contributed by atoms with Crippen LogP contribution in [-0.4, -0.2) is 41.2 Å². The number of piperidine rings is 1. The van der Waals surface area contributed by atoms with Crippen molar-refractivity contribution in [1.82, 2.24) is 4.90 Å². The minimum Gasteiger partial charge on any atom is -0.486 e. The van der Waals surface area contributed by atoms with E-state index >= 15 is 0 Å². The van der Waals surface area contributed by atoms with E-state index in [4.69, 9.17) is 9.47 Å². The summed E-state index contributed by atoms with van der Waals surface area (Å²) in [6.07, 6.45) is -3.69. The molecule has 1 fully saturated rings. The van der Waals surface area contributed by atoms with Gasteiger partial charge in [-0.1, -0.05) is 0 Å². The second-order valence-corrected chi connectivity index (χ2v) is 7.68. The second kappa shape index (κ2) is 8.24. The molecule has 0 N–H and O–H groups in total. The largest absolute Gasteiger partial charge is 0.486 e. The molecule has 1 heterocycles. The number of nitrogens with zero attached hydrogens (tertiary/aromatic N) is 2. The molecule has 1 aliphatic rings. The highest BCUT2D eigenvalue weighted by molar-refractivity contribution is 5.68. The van der Waals surface area contributed by atoms with E-state index in [-0.39, 0.29) is 18.3 Å². The summed E-state index contributed by atoms with van der Waals surface area (Å²) in [5.41, 5.74) is -2.48. The molecule has 1 atom stereocenters. The molecule has 2 rings (SSSR count). The molecule has 0 aliphatic carbocycles. The van der Waals surface area contributed by atoms with Gasteiger partial charge < -0.3 is 14.4 Å². The van der Waals surface area contributed by atoms with Gasteiger partial charge in [-0.25, -0.2) is 4.79 Å². The lowest BCUT2D eigenvalue weighted by atomic mass is 9.99. The molecule has 0 radical (unpaired) electrons. The summed E-state index contributed by atoms with van der Waals surface area (Å²) in [7, 11) is 0. The van der Waals surface area contributed by atoms with Crippen molar-refractivity contribution < 1.29 is 32.4 Å². The van der Waals surface area contributed by atoms with E-state index in [1.54, 1.807) is 25.7 Å². The molecule has 156 valence electrons. The summed E-state index contributed by atoms with van der Waals surface area (Å²) in [5.74, 6) is -0.337. The fourth-order valence-corrected chi connectivity index (χ4v) is 2.86. The fourth-order valence-electron chi connectivity index (χ4n) is 2.86. The SMILES string of the molecule is CC(C)(C)OC(=O)N1CCC[C@@H](COc2ccc(C(F)(F)F)cc2[N+](=O)[O-])C1. The lowest BCUT2D eigenvalue weighted by Crippen LogP contribution is -2.44. The topological polar surface area (TPSA) is 81.9 Å². The summed E-state index contributed by atoms with van der Waals surface area (Å²) in [6.45, 7) is 6.22. The molecule has 0 aromatic heterocycles. The van der Waals surface area contributed by atoms with Gasteiger partial charge in [0, 0.05) is 25.1 Å². The lowest BCUT2D eigenvalue weighted by molar-refractivity contribution is -0.386. The van der Waals surface area contributed by atoms with E-state index in [0.29, 0.717) is 25.6 Å². The van der Waals surface area contributed by atoms with E-state index in [9.17, 15) is 28.1 Å². The third-order valence-electron chi connectivity index (χ3n) is 4.13. The quantitative estimate of drug-likeness (QED) is 0.539. The minimum absolute atomic E-state index is 0.0471. The molecule has 0 bridgehead atoms. The number of ether oxygens (including phenoxy) is 2. The number of alkyl halides is 3. The molecule has 0 unspecified atom stereocenters. The van der Waals surface area contributed by atoms with Crippen LogP contribution in [-0.2, 0) is 10.9 Å². The van der Waals surface area contributed by atoms with Gasteiger partial charge in [-0.15, -0.1) is 0 Å². The summed E-state index contributed by atoms with van der Waals surface area (Å²) in [6, 6.07) is 2.16. The first-order valence-electron chi connectivity index (χ1n) is 8.83. The number of benzene rings is 1. The van der Waals surface area contributed by atoms with Crippen LogP contribution in [0.1, 0.15) is 39.2 Å². The number of nitro benzene ring substituents is 1. The zero-order chi connectivity index (χ0) is 21.1. The van der Waals surface area contributed by atoms with Crippen LogP contribution in [0.3, 0.4) is 0 Å². The van der Waals surface area contributed by atoms with Crippen molar-refractivity contribution in [2.75, 3.05) is 19.7 Å². The molecule has 28 heavy (non-hydrogen) atoms. The van der Waals surface area contributed by atoms with Crippen LogP contribution in [0.5, 0.6) is 5.75 Å². The molecule has 0 spiro atoms. The first-order valence-corrected chi connectivity index (χ1v) is 8.83. The second-order valence-electron chi connectivity index (χ2n) is 7.68. The molecule has 1 aliphatic heterocycles. The number of carbonyl (C=O) groups is 1. The summed E-state index contributed by atoms with van der Waals surface area (Å²) in [4.78, 5) is 23.9. The molecular weight excluding hydrogens is 381 g/mol. The Morgan fingerprint density at radius 3 is 2.57 bits per heavy atom. The molecular formula is C18H23F3N2O5. The van der Waals surface area contributed by atoms with Crippen molar-refractivity contribution in [2.24, 2.45) is 5.92 Å². The van der Waals surface area contributed by atoms with Crippen LogP contribution in [0.25, 0.3) is 0 Å². The Labute approximate surface area is 160 Å². The van der Waals surface area contributed by atoms with Gasteiger partial charge in [0.15, 0.2) is 5.75 Å². The zero-order valence-electron chi connectivity index (χ0n) is 15.9. The number of halogens is 3. The Morgan fingerprint density at radius 1 is 1.32 bits per heavy atom. The van der Waals surface area contributed by atoms with Crippen molar-refractivity contribution in [1.29, 1.82) is 0 Å². The van der Waals surface area contributed by atoms with Crippen molar-refractivity contribution in [3.05, 3.63) is 33.9 Å². The number of nitro groups is 1. The van der Waals surface area contributed by atoms with E-state index in [1.165, 1.54) is 0 Å². The number of hydrogen-bond donors (Lipinski definition) is 0. The van der Waals surface area contributed by atoms with Gasteiger partial charge in [0.2, 0.25) is 0 Å². The number of carbonyl (C=O) groups excluding carboxylic acids is 1. The Bertz CT molecular complexity index is 731. The third-order valence-corrected chi connectivity index (χ3v) is 4.13. The molecule has 0 saturated carbocycles. The van der Waals surface area contributed by atoms with Gasteiger partial charge in [-0.3, -0.25) is 10.1 Å². The third kappa shape index (κ3) is 6.00. The Kier molecular flexibility index (Phi) is 6.41. The minimum atomic E-state index is -4.68. The molecule has 1 aromatic carbocycles. The maximum atomic E-state index is 12.8. The smallest absolute Gasteiger partial charge is 0.416 e. The van der Waals surface area contributed by atoms with Gasteiger partial charge in [-0.2, -0.15) is 13.2 Å². The standard InChI is InChI=1S/C18H23F3N2O5/c1-17(2,3)28-16(24)22-8-4-5-12(10-22)11-27-15-7-6-13(18(19,20)21)9-14(15)23(25)26/h6-7,9,12H,4-5,8,10-11H2,1-3H3/t12-/m1/s1. The number of rotatable bonds is 4. The number of hydrogen-bond acceptors (Lipinski definition) is 5. The highest BCUT2D eigenvalue weighted by Crippen LogP contribution is 2.36. The Balaban J connectivity index is 2.03. The van der Waals surface area contributed by atoms with Gasteiger partial charge in [0.25, 0.3) is 0 Å². The number of likely N-dealkylation sites (tertiary alicyclic amines) is 1. The van der Waals surface area contributed by atoms with Crippen LogP contribution >= 0.6 is 0 Å². The Morgan fingerprint density at radius 2 is 2.00 bits per heavy atom. The molecule has 1 aromatic rings. The van der Waals surface area contributed by atoms with Crippen LogP contribution in [0, 0.1) is 16.0 Å². The Hall–Kier alpha value is -2.52. The molecule has 1 amide bonds. The predicted molar refractivity (Wildman–Crippen MR) is 94.1 cm³/mol. The van der Waals surface area contributed by atoms with Crippen LogP contribution in [0.15, 0.2) is 18.2 Å². The van der Waals surface area contributed by atoms with Gasteiger partial charge in [0.05, 0.1) is 17.1 Å². The van der Waals surface area contributed by atoms with Gasteiger partial charge in [-0.05, 0) is 45.7 Å². The summed E-state index contributed by atoms with van der Waals surface area (Å²) < 4.78 is 49.1. The monoisotopic (exact) mass is 404 g/mol.